The fourth-order valence-electron chi connectivity index (χ4n) is 0. The van der Waals surface area contributed by atoms with Gasteiger partial charge in [0.25, 0.3) is 0 Å². The molecule has 0 radical (unpaired) electrons. The molecule has 0 heterocycles. The molecule has 0 aromatic heterocycles. The molecule has 0 spiro atoms. The zero-order valence-electron chi connectivity index (χ0n) is 2.96. The van der Waals surface area contributed by atoms with Gasteiger partial charge in [-0.25, -0.2) is 0 Å². The molecule has 2 heteroatoms. The van der Waals surface area contributed by atoms with Crippen molar-refractivity contribution in [3.8, 4) is 0 Å². The molecule has 0 aromatic carbocycles. The Morgan fingerprint density at radius 3 is 1.50 bits per heavy atom. The summed E-state index contributed by atoms with van der Waals surface area (Å²) in [7, 11) is 5.48. The normalized spacial score (nSPS) is 6.75. The second-order valence-electron chi connectivity index (χ2n) is 1.01. The van der Waals surface area contributed by atoms with Crippen molar-refractivity contribution in [2.24, 2.45) is 0 Å². The van der Waals surface area contributed by atoms with Gasteiger partial charge in [0.1, 0.15) is 0 Å². The number of hydrogen-bond acceptors (Lipinski definition) is 0. The van der Waals surface area contributed by atoms with Crippen molar-refractivity contribution < 1.29 is 0 Å². The van der Waals surface area contributed by atoms with Crippen molar-refractivity contribution >= 4 is 28.8 Å². The van der Waals surface area contributed by atoms with Crippen LogP contribution in [0.1, 0.15) is 0 Å². The second-order valence-corrected chi connectivity index (χ2v) is 12.7. The van der Waals surface area contributed by atoms with Gasteiger partial charge in [-0.2, -0.15) is 0 Å². The summed E-state index contributed by atoms with van der Waals surface area (Å²) in [5.74, 6) is 0. The zero-order valence-corrected chi connectivity index (χ0v) is 7.01. The molecule has 0 aromatic rings. The van der Waals surface area contributed by atoms with Crippen LogP contribution in [0.4, 0.5) is 0 Å². The Kier molecular flexibility index (Phi) is 3.10. The molecule has 0 amide bonds. The van der Waals surface area contributed by atoms with Gasteiger partial charge in [-0.3, -0.25) is 0 Å². The van der Waals surface area contributed by atoms with Gasteiger partial charge in [-0.1, -0.05) is 0 Å². The molecule has 24 valence electrons. The first-order chi connectivity index (χ1) is 1.73. The Hall–Kier alpha value is 1.16. The van der Waals surface area contributed by atoms with E-state index in [4.69, 9.17) is 8.58 Å². The van der Waals surface area contributed by atoms with Crippen LogP contribution >= 0.6 is 8.58 Å². The van der Waals surface area contributed by atoms with Crippen LogP contribution in [-0.4, -0.2) is 20.3 Å². The van der Waals surface area contributed by atoms with Crippen LogP contribution < -0.4 is 0 Å². The van der Waals surface area contributed by atoms with E-state index in [0.717, 1.165) is 0 Å². The van der Waals surface area contributed by atoms with Crippen molar-refractivity contribution in [1.82, 2.24) is 0 Å². The molecule has 0 N–H and O–H groups in total. The van der Waals surface area contributed by atoms with E-state index in [0.29, 0.717) is 0 Å². The summed E-state index contributed by atoms with van der Waals surface area (Å²) in [6, 6.07) is 0. The van der Waals surface area contributed by atoms with Gasteiger partial charge in [0.2, 0.25) is 0 Å². The van der Waals surface area contributed by atoms with Gasteiger partial charge in [0, 0.05) is 0 Å². The van der Waals surface area contributed by atoms with Crippen LogP contribution in [0.25, 0.3) is 0 Å². The number of hydrogen-bond donors (Lipinski definition) is 0. The van der Waals surface area contributed by atoms with Crippen LogP contribution in [0.5, 0.6) is 0 Å². The first-order valence-corrected chi connectivity index (χ1v) is 12.1. The molecule has 0 unspecified atom stereocenters. The van der Waals surface area contributed by atoms with Crippen LogP contribution in [0.3, 0.4) is 0 Å². The van der Waals surface area contributed by atoms with Gasteiger partial charge in [-0.15, -0.1) is 0 Å². The zero-order chi connectivity index (χ0) is 3.58. The Balaban J connectivity index is 2.32. The van der Waals surface area contributed by atoms with E-state index >= 15 is 0 Å². The average molecular weight is 180 g/mol. The molecule has 0 saturated heterocycles. The van der Waals surface area contributed by atoms with E-state index in [1.807, 2.05) is 0 Å². The number of rotatable bonds is 0. The van der Waals surface area contributed by atoms with E-state index in [9.17, 15) is 0 Å². The first-order valence-electron chi connectivity index (χ1n) is 1.37. The molecule has 0 aliphatic heterocycles. The van der Waals surface area contributed by atoms with E-state index in [-0.39, 0.29) is 0 Å². The van der Waals surface area contributed by atoms with Crippen LogP contribution in [0.15, 0.2) is 0 Å². The van der Waals surface area contributed by atoms with E-state index < -0.39 is 20.3 Å². The fourth-order valence-corrected chi connectivity index (χ4v) is 0. The minimum absolute atomic E-state index is 1.16. The molecular formula is C2H6ClIn. The fraction of sp³-hybridized carbons (Fsp3) is 1.00. The SMILES string of the molecule is [CH3][In]([CH3])[Cl]. The Morgan fingerprint density at radius 2 is 1.50 bits per heavy atom. The van der Waals surface area contributed by atoms with Crippen molar-refractivity contribution in [2.75, 3.05) is 0 Å². The molecule has 0 saturated carbocycles. The summed E-state index contributed by atoms with van der Waals surface area (Å²) in [4.78, 5) is 0. The third-order valence-electron chi connectivity index (χ3n) is 0. The summed E-state index contributed by atoms with van der Waals surface area (Å²) < 4.78 is 4.28. The first kappa shape index (κ1) is 5.16. The molecular weight excluding hydrogens is 174 g/mol. The molecule has 0 aliphatic carbocycles. The topological polar surface area (TPSA) is 0 Å². The molecule has 0 atom stereocenters. The summed E-state index contributed by atoms with van der Waals surface area (Å²) in [6.07, 6.45) is 0. The third kappa shape index (κ3) is 11.0. The molecule has 4 heavy (non-hydrogen) atoms. The summed E-state index contributed by atoms with van der Waals surface area (Å²) in [5, 5.41) is 0. The summed E-state index contributed by atoms with van der Waals surface area (Å²) >= 11 is -1.16. The minimum atomic E-state index is -1.16. The Labute approximate surface area is 38.3 Å². The third-order valence-corrected chi connectivity index (χ3v) is 0. The van der Waals surface area contributed by atoms with Crippen molar-refractivity contribution in [2.45, 2.75) is 9.36 Å². The maximum atomic E-state index is 5.48. The van der Waals surface area contributed by atoms with Crippen molar-refractivity contribution in [3.63, 3.8) is 0 Å². The number of halogens is 1. The second kappa shape index (κ2) is 2.40. The summed E-state index contributed by atoms with van der Waals surface area (Å²) in [5.41, 5.74) is 0. The molecule has 0 fully saturated rings. The van der Waals surface area contributed by atoms with Crippen LogP contribution in [-0.2, 0) is 0 Å². The molecule has 0 aliphatic rings. The van der Waals surface area contributed by atoms with Crippen LogP contribution in [0, 0.1) is 0 Å². The quantitative estimate of drug-likeness (QED) is 0.530. The van der Waals surface area contributed by atoms with Crippen molar-refractivity contribution in [1.29, 1.82) is 0 Å². The van der Waals surface area contributed by atoms with Crippen LogP contribution in [0.2, 0.25) is 9.36 Å². The molecule has 0 nitrogen and oxygen atoms in total. The van der Waals surface area contributed by atoms with Gasteiger partial charge in [0.15, 0.2) is 0 Å². The van der Waals surface area contributed by atoms with E-state index in [1.165, 1.54) is 0 Å². The molecule has 0 rings (SSSR count). The Bertz CT molecular complexity index is 10.8. The summed E-state index contributed by atoms with van der Waals surface area (Å²) in [6.45, 7) is 0. The predicted molar refractivity (Wildman–Crippen MR) is 23.3 cm³/mol. The predicted octanol–water partition coefficient (Wildman–Crippen LogP) is 1.48. The van der Waals surface area contributed by atoms with Crippen molar-refractivity contribution in [3.05, 3.63) is 0 Å². The monoisotopic (exact) mass is 180 g/mol. The standard InChI is InChI=1S/2CH3.ClH.In/h2*1H3;1H;/q;;;+1/p-1. The molecule has 0 bridgehead atoms. The van der Waals surface area contributed by atoms with Gasteiger partial charge < -0.3 is 0 Å². The average Bonchev–Trinajstić information content (AvgIpc) is 0.811. The van der Waals surface area contributed by atoms with Gasteiger partial charge >= 0.3 is 38.2 Å². The van der Waals surface area contributed by atoms with Gasteiger partial charge in [-0.05, 0) is 0 Å². The van der Waals surface area contributed by atoms with E-state index in [2.05, 4.69) is 9.36 Å². The van der Waals surface area contributed by atoms with E-state index in [1.54, 1.807) is 0 Å². The maximum absolute atomic E-state index is 5.48. The Morgan fingerprint density at radius 1 is 1.50 bits per heavy atom. The van der Waals surface area contributed by atoms with Gasteiger partial charge in [0.05, 0.1) is 0 Å².